The first-order valence-electron chi connectivity index (χ1n) is 10.7. The molecule has 4 rings (SSSR count). The predicted octanol–water partition coefficient (Wildman–Crippen LogP) is 4.47. The maximum absolute atomic E-state index is 12.7. The molecule has 0 fully saturated rings. The van der Waals surface area contributed by atoms with Gasteiger partial charge in [0.05, 0.1) is 17.6 Å². The highest BCUT2D eigenvalue weighted by Crippen LogP contribution is 2.28. The number of nitrogens with one attached hydrogen (secondary N) is 1. The summed E-state index contributed by atoms with van der Waals surface area (Å²) in [6, 6.07) is 11.9. The monoisotopic (exact) mass is 516 g/mol. The molecule has 1 amide bonds. The van der Waals surface area contributed by atoms with Crippen molar-refractivity contribution in [3.63, 3.8) is 0 Å². The topological polar surface area (TPSA) is 119 Å². The summed E-state index contributed by atoms with van der Waals surface area (Å²) in [5.74, 6) is 0.207. The Balaban J connectivity index is 1.44. The van der Waals surface area contributed by atoms with Gasteiger partial charge in [0.15, 0.2) is 0 Å². The summed E-state index contributed by atoms with van der Waals surface area (Å²) in [5.41, 5.74) is 17.0. The zero-order valence-electron chi connectivity index (χ0n) is 19.0. The molecule has 0 unspecified atom stereocenters. The third-order valence-electron chi connectivity index (χ3n) is 5.79. The van der Waals surface area contributed by atoms with Crippen LogP contribution in [0.1, 0.15) is 22.3 Å². The average Bonchev–Trinajstić information content (AvgIpc) is 2.82. The minimum atomic E-state index is -0.292. The second-order valence-corrected chi connectivity index (χ2v) is 8.96. The molecule has 172 valence electrons. The van der Waals surface area contributed by atoms with Crippen LogP contribution in [0.5, 0.6) is 0 Å². The van der Waals surface area contributed by atoms with Gasteiger partial charge in [0.25, 0.3) is 5.91 Å². The molecule has 0 radical (unpaired) electrons. The number of hydrogen-bond donors (Lipinski definition) is 3. The quantitative estimate of drug-likeness (QED) is 0.258. The van der Waals surface area contributed by atoms with Gasteiger partial charge >= 0.3 is 0 Å². The van der Waals surface area contributed by atoms with Gasteiger partial charge in [0.2, 0.25) is 0 Å². The molecule has 0 bridgehead atoms. The molecule has 0 aliphatic carbocycles. The zero-order chi connectivity index (χ0) is 24.2. The number of amides is 1. The summed E-state index contributed by atoms with van der Waals surface area (Å²) in [6.45, 7) is 4.77. The number of carbonyl (C=O) groups excluding carboxylic acids is 1. The lowest BCUT2D eigenvalue weighted by molar-refractivity contribution is -0.117. The number of carbonyl (C=O) groups is 1. The van der Waals surface area contributed by atoms with E-state index in [4.69, 9.17) is 11.5 Å². The average molecular weight is 517 g/mol. The highest BCUT2D eigenvalue weighted by molar-refractivity contribution is 9.10. The van der Waals surface area contributed by atoms with E-state index in [9.17, 15) is 4.79 Å². The summed E-state index contributed by atoms with van der Waals surface area (Å²) in [4.78, 5) is 25.8. The van der Waals surface area contributed by atoms with Crippen molar-refractivity contribution in [3.05, 3.63) is 87.3 Å². The van der Waals surface area contributed by atoms with Crippen LogP contribution in [0, 0.1) is 13.8 Å². The van der Waals surface area contributed by atoms with E-state index in [1.807, 2.05) is 50.2 Å². The van der Waals surface area contributed by atoms with E-state index in [0.717, 1.165) is 48.4 Å². The first-order chi connectivity index (χ1) is 16.4. The van der Waals surface area contributed by atoms with Crippen LogP contribution >= 0.6 is 15.9 Å². The molecule has 0 aliphatic rings. The Hall–Kier alpha value is -3.78. The Morgan fingerprint density at radius 1 is 1.15 bits per heavy atom. The lowest BCUT2D eigenvalue weighted by Gasteiger charge is -2.15. The fraction of sp³-hybridized carbons (Fsp3) is 0.154. The van der Waals surface area contributed by atoms with Crippen molar-refractivity contribution in [2.24, 2.45) is 10.7 Å². The van der Waals surface area contributed by atoms with Gasteiger partial charge in [-0.25, -0.2) is 4.98 Å². The Labute approximate surface area is 206 Å². The number of rotatable bonds is 6. The number of aliphatic imine (C=N–C) groups is 1. The molecule has 4 aromatic rings. The second-order valence-electron chi connectivity index (χ2n) is 8.04. The number of hydrogen-bond acceptors (Lipinski definition) is 6. The molecule has 0 spiro atoms. The van der Waals surface area contributed by atoms with E-state index < -0.39 is 0 Å². The Morgan fingerprint density at radius 3 is 2.76 bits per heavy atom. The van der Waals surface area contributed by atoms with Crippen LogP contribution in [0.2, 0.25) is 0 Å². The summed E-state index contributed by atoms with van der Waals surface area (Å²) < 4.78 is 0.990. The maximum atomic E-state index is 12.7. The van der Waals surface area contributed by atoms with Crippen LogP contribution in [0.3, 0.4) is 0 Å². The molecule has 34 heavy (non-hydrogen) atoms. The standard InChI is InChI=1S/C26H25BrN6O/c1-15-7-22-21(5-6-31-25(22)29)16(2)23(15)14-33-26(34)19(10-28)13-30-11-17-8-18-9-20(27)3-4-24(18)32-12-17/h3-10,12-13H,11,14,28H2,1-2H3,(H2,29,31)(H,33,34)/b19-10+,30-13?. The van der Waals surface area contributed by atoms with E-state index >= 15 is 0 Å². The number of halogens is 1. The highest BCUT2D eigenvalue weighted by atomic mass is 79.9. The Bertz CT molecular complexity index is 1460. The molecular weight excluding hydrogens is 492 g/mol. The van der Waals surface area contributed by atoms with Gasteiger partial charge in [0, 0.05) is 46.6 Å². The van der Waals surface area contributed by atoms with Crippen molar-refractivity contribution >= 4 is 55.5 Å². The van der Waals surface area contributed by atoms with E-state index in [2.05, 4.69) is 36.2 Å². The van der Waals surface area contributed by atoms with Crippen molar-refractivity contribution in [1.82, 2.24) is 15.3 Å². The molecule has 0 saturated heterocycles. The van der Waals surface area contributed by atoms with Crippen LogP contribution in [0.15, 0.2) is 70.0 Å². The van der Waals surface area contributed by atoms with Gasteiger partial charge in [-0.05, 0) is 77.9 Å². The largest absolute Gasteiger partial charge is 0.404 e. The number of nitrogen functional groups attached to an aromatic ring is 1. The molecule has 8 heteroatoms. The lowest BCUT2D eigenvalue weighted by atomic mass is 9.96. The van der Waals surface area contributed by atoms with Crippen molar-refractivity contribution in [2.75, 3.05) is 5.73 Å². The van der Waals surface area contributed by atoms with Crippen LogP contribution in [0.25, 0.3) is 21.7 Å². The fourth-order valence-electron chi connectivity index (χ4n) is 3.93. The second kappa shape index (κ2) is 10.0. The van der Waals surface area contributed by atoms with Crippen molar-refractivity contribution in [2.45, 2.75) is 26.9 Å². The van der Waals surface area contributed by atoms with Gasteiger partial charge in [0.1, 0.15) is 5.82 Å². The van der Waals surface area contributed by atoms with E-state index in [-0.39, 0.29) is 5.91 Å². The first kappa shape index (κ1) is 23.4. The molecule has 0 aliphatic heterocycles. The number of aryl methyl sites for hydroxylation is 2. The maximum Gasteiger partial charge on any atom is 0.254 e. The summed E-state index contributed by atoms with van der Waals surface area (Å²) in [7, 11) is 0. The van der Waals surface area contributed by atoms with Crippen LogP contribution in [-0.4, -0.2) is 22.1 Å². The van der Waals surface area contributed by atoms with Crippen LogP contribution in [0.4, 0.5) is 5.82 Å². The van der Waals surface area contributed by atoms with E-state index in [1.165, 1.54) is 12.4 Å². The number of pyridine rings is 2. The van der Waals surface area contributed by atoms with Gasteiger partial charge in [-0.1, -0.05) is 15.9 Å². The van der Waals surface area contributed by atoms with Gasteiger partial charge in [-0.3, -0.25) is 14.8 Å². The molecular formula is C26H25BrN6O. The highest BCUT2D eigenvalue weighted by Gasteiger charge is 2.12. The van der Waals surface area contributed by atoms with Crippen molar-refractivity contribution in [1.29, 1.82) is 0 Å². The van der Waals surface area contributed by atoms with E-state index in [0.29, 0.717) is 24.5 Å². The van der Waals surface area contributed by atoms with Crippen molar-refractivity contribution < 1.29 is 4.79 Å². The Kier molecular flexibility index (Phi) is 6.88. The van der Waals surface area contributed by atoms with Crippen LogP contribution in [-0.2, 0) is 17.9 Å². The predicted molar refractivity (Wildman–Crippen MR) is 141 cm³/mol. The first-order valence-corrected chi connectivity index (χ1v) is 11.5. The molecule has 0 atom stereocenters. The number of aromatic nitrogens is 2. The van der Waals surface area contributed by atoms with E-state index in [1.54, 1.807) is 12.4 Å². The SMILES string of the molecule is Cc1cc2c(N)nccc2c(C)c1CNC(=O)/C(C=NCc1cnc2ccc(Br)cc2c1)=C/N. The van der Waals surface area contributed by atoms with Gasteiger partial charge in [-0.15, -0.1) is 0 Å². The fourth-order valence-corrected chi connectivity index (χ4v) is 4.31. The number of fused-ring (bicyclic) bond motifs is 2. The molecule has 2 aromatic heterocycles. The van der Waals surface area contributed by atoms with Gasteiger partial charge in [-0.2, -0.15) is 0 Å². The third-order valence-corrected chi connectivity index (χ3v) is 6.28. The molecule has 0 saturated carbocycles. The number of benzene rings is 2. The zero-order valence-corrected chi connectivity index (χ0v) is 20.6. The Morgan fingerprint density at radius 2 is 1.97 bits per heavy atom. The third kappa shape index (κ3) is 4.92. The normalized spacial score (nSPS) is 12.0. The minimum absolute atomic E-state index is 0.292. The van der Waals surface area contributed by atoms with Crippen molar-refractivity contribution in [3.8, 4) is 0 Å². The number of nitrogens with zero attached hydrogens (tertiary/aromatic N) is 3. The summed E-state index contributed by atoms with van der Waals surface area (Å²) in [6.07, 6.45) is 6.24. The smallest absolute Gasteiger partial charge is 0.254 e. The minimum Gasteiger partial charge on any atom is -0.404 e. The van der Waals surface area contributed by atoms with Crippen LogP contribution < -0.4 is 16.8 Å². The summed E-state index contributed by atoms with van der Waals surface area (Å²) >= 11 is 3.48. The lowest BCUT2D eigenvalue weighted by Crippen LogP contribution is -2.26. The number of nitrogens with two attached hydrogens (primary N) is 2. The van der Waals surface area contributed by atoms with Gasteiger partial charge < -0.3 is 16.8 Å². The molecule has 5 N–H and O–H groups in total. The molecule has 7 nitrogen and oxygen atoms in total. The molecule has 2 aromatic carbocycles. The number of anilines is 1. The molecule has 2 heterocycles. The summed E-state index contributed by atoms with van der Waals surface area (Å²) in [5, 5.41) is 5.91.